The molecule has 0 spiro atoms. The molecule has 0 aliphatic carbocycles. The van der Waals surface area contributed by atoms with E-state index in [4.69, 9.17) is 9.47 Å². The van der Waals surface area contributed by atoms with Crippen LogP contribution in [0, 0.1) is 11.8 Å². The summed E-state index contributed by atoms with van der Waals surface area (Å²) in [6, 6.07) is 7.38. The smallest absolute Gasteiger partial charge is 0.253 e. The summed E-state index contributed by atoms with van der Waals surface area (Å²) in [5, 5.41) is 0. The fourth-order valence-electron chi connectivity index (χ4n) is 4.37. The van der Waals surface area contributed by atoms with Gasteiger partial charge in [0.15, 0.2) is 0 Å². The number of rotatable bonds is 4. The first-order chi connectivity index (χ1) is 11.7. The second-order valence-corrected chi connectivity index (χ2v) is 7.24. The van der Waals surface area contributed by atoms with Crippen LogP contribution in [0.2, 0.25) is 0 Å². The molecule has 4 rings (SSSR count). The Balaban J connectivity index is 1.39. The van der Waals surface area contributed by atoms with Crippen molar-refractivity contribution in [2.24, 2.45) is 11.8 Å². The number of fused-ring (bicyclic) bond motifs is 1. The van der Waals surface area contributed by atoms with Gasteiger partial charge in [-0.3, -0.25) is 4.79 Å². The summed E-state index contributed by atoms with van der Waals surface area (Å²) in [6.07, 6.45) is 2.87. The highest BCUT2D eigenvalue weighted by molar-refractivity contribution is 5.94. The summed E-state index contributed by atoms with van der Waals surface area (Å²) < 4.78 is 11.2. The molecular weight excluding hydrogens is 304 g/mol. The van der Waals surface area contributed by atoms with Gasteiger partial charge in [-0.1, -0.05) is 0 Å². The average molecular weight is 330 g/mol. The Morgan fingerprint density at radius 2 is 1.96 bits per heavy atom. The van der Waals surface area contributed by atoms with Gasteiger partial charge in [0.25, 0.3) is 5.91 Å². The predicted molar refractivity (Wildman–Crippen MR) is 91.3 cm³/mol. The number of carbonyl (C=O) groups excluding carboxylic acids is 1. The second kappa shape index (κ2) is 6.73. The van der Waals surface area contributed by atoms with E-state index in [2.05, 4.69) is 4.90 Å². The first-order valence-electron chi connectivity index (χ1n) is 9.02. The average Bonchev–Trinajstić information content (AvgIpc) is 3.33. The van der Waals surface area contributed by atoms with Crippen molar-refractivity contribution in [3.8, 4) is 5.75 Å². The molecule has 1 aromatic rings. The van der Waals surface area contributed by atoms with E-state index >= 15 is 0 Å². The van der Waals surface area contributed by atoms with E-state index in [1.807, 2.05) is 29.2 Å². The highest BCUT2D eigenvalue weighted by Crippen LogP contribution is 2.35. The number of amides is 1. The molecule has 3 fully saturated rings. The minimum atomic E-state index is 0.107. The van der Waals surface area contributed by atoms with Gasteiger partial charge in [-0.05, 0) is 50.2 Å². The number of likely N-dealkylation sites (tertiary alicyclic amines) is 2. The second-order valence-electron chi connectivity index (χ2n) is 7.24. The molecule has 0 saturated carbocycles. The molecular formula is C19H26N2O3. The maximum absolute atomic E-state index is 12.7. The molecule has 3 saturated heterocycles. The Morgan fingerprint density at radius 3 is 2.67 bits per heavy atom. The van der Waals surface area contributed by atoms with E-state index in [0.29, 0.717) is 11.8 Å². The standard InChI is InChI=1S/C19H26N2O3/c1-23-16-6-4-14(5-7-16)19(22)21-11-17-15(13-24-18(17)12-21)10-20-8-2-3-9-20/h4-7,15,17-18H,2-3,8-13H2,1H3/t15-,17-,18-/m0/s1. The summed E-state index contributed by atoms with van der Waals surface area (Å²) in [6.45, 7) is 5.99. The van der Waals surface area contributed by atoms with E-state index in [-0.39, 0.29) is 12.0 Å². The molecule has 1 amide bonds. The first-order valence-corrected chi connectivity index (χ1v) is 9.02. The Bertz CT molecular complexity index is 583. The molecule has 5 heteroatoms. The molecule has 0 N–H and O–H groups in total. The predicted octanol–water partition coefficient (Wildman–Crippen LogP) is 1.88. The van der Waals surface area contributed by atoms with Crippen molar-refractivity contribution < 1.29 is 14.3 Å². The van der Waals surface area contributed by atoms with Crippen LogP contribution >= 0.6 is 0 Å². The zero-order valence-electron chi connectivity index (χ0n) is 14.3. The van der Waals surface area contributed by atoms with E-state index in [1.165, 1.54) is 25.9 Å². The van der Waals surface area contributed by atoms with Crippen LogP contribution in [0.1, 0.15) is 23.2 Å². The SMILES string of the molecule is COc1ccc(C(=O)N2C[C@H]3[C@@H](CN4CCCC4)CO[C@H]3C2)cc1. The zero-order chi connectivity index (χ0) is 16.5. The Morgan fingerprint density at radius 1 is 1.21 bits per heavy atom. The third-order valence-electron chi connectivity index (χ3n) is 5.75. The van der Waals surface area contributed by atoms with Crippen molar-refractivity contribution in [3.63, 3.8) is 0 Å². The van der Waals surface area contributed by atoms with Gasteiger partial charge in [0, 0.05) is 37.0 Å². The molecule has 0 unspecified atom stereocenters. The van der Waals surface area contributed by atoms with Crippen LogP contribution in [-0.4, -0.2) is 68.3 Å². The number of benzene rings is 1. The number of methoxy groups -OCH3 is 1. The highest BCUT2D eigenvalue weighted by atomic mass is 16.5. The van der Waals surface area contributed by atoms with Crippen molar-refractivity contribution in [2.45, 2.75) is 18.9 Å². The van der Waals surface area contributed by atoms with Gasteiger partial charge in [0.1, 0.15) is 5.75 Å². The lowest BCUT2D eigenvalue weighted by Gasteiger charge is -2.24. The molecule has 3 aliphatic rings. The van der Waals surface area contributed by atoms with E-state index in [9.17, 15) is 4.79 Å². The van der Waals surface area contributed by atoms with Gasteiger partial charge in [0.2, 0.25) is 0 Å². The number of hydrogen-bond acceptors (Lipinski definition) is 4. The van der Waals surface area contributed by atoms with Crippen LogP contribution in [0.15, 0.2) is 24.3 Å². The van der Waals surface area contributed by atoms with Gasteiger partial charge >= 0.3 is 0 Å². The fourth-order valence-corrected chi connectivity index (χ4v) is 4.37. The maximum atomic E-state index is 12.7. The van der Waals surface area contributed by atoms with Gasteiger partial charge in [-0.2, -0.15) is 0 Å². The van der Waals surface area contributed by atoms with Gasteiger partial charge in [-0.25, -0.2) is 0 Å². The minimum Gasteiger partial charge on any atom is -0.497 e. The van der Waals surface area contributed by atoms with Gasteiger partial charge in [0.05, 0.1) is 19.8 Å². The third-order valence-corrected chi connectivity index (χ3v) is 5.75. The molecule has 0 bridgehead atoms. The Labute approximate surface area is 143 Å². The lowest BCUT2D eigenvalue weighted by molar-refractivity contribution is 0.0668. The van der Waals surface area contributed by atoms with Crippen LogP contribution in [0.3, 0.4) is 0 Å². The van der Waals surface area contributed by atoms with E-state index in [1.54, 1.807) is 7.11 Å². The van der Waals surface area contributed by atoms with E-state index in [0.717, 1.165) is 37.6 Å². The molecule has 3 heterocycles. The van der Waals surface area contributed by atoms with Crippen molar-refractivity contribution >= 4 is 5.91 Å². The topological polar surface area (TPSA) is 42.0 Å². The molecule has 0 radical (unpaired) electrons. The Hall–Kier alpha value is -1.59. The van der Waals surface area contributed by atoms with E-state index < -0.39 is 0 Å². The molecule has 3 aliphatic heterocycles. The zero-order valence-corrected chi connectivity index (χ0v) is 14.3. The summed E-state index contributed by atoms with van der Waals surface area (Å²) >= 11 is 0. The van der Waals surface area contributed by atoms with Crippen molar-refractivity contribution in [1.29, 1.82) is 0 Å². The number of nitrogens with zero attached hydrogens (tertiary/aromatic N) is 2. The largest absolute Gasteiger partial charge is 0.497 e. The number of ether oxygens (including phenoxy) is 2. The number of hydrogen-bond donors (Lipinski definition) is 0. The van der Waals surface area contributed by atoms with Gasteiger partial charge < -0.3 is 19.3 Å². The summed E-state index contributed by atoms with van der Waals surface area (Å²) in [5.74, 6) is 1.95. The fraction of sp³-hybridized carbons (Fsp3) is 0.632. The van der Waals surface area contributed by atoms with Crippen LogP contribution < -0.4 is 4.74 Å². The summed E-state index contributed by atoms with van der Waals surface area (Å²) in [7, 11) is 1.64. The quantitative estimate of drug-likeness (QED) is 0.845. The normalized spacial score (nSPS) is 29.9. The molecule has 0 aromatic heterocycles. The number of carbonyl (C=O) groups is 1. The highest BCUT2D eigenvalue weighted by Gasteiger charge is 2.45. The molecule has 24 heavy (non-hydrogen) atoms. The van der Waals surface area contributed by atoms with Crippen molar-refractivity contribution in [2.75, 3.05) is 46.4 Å². The maximum Gasteiger partial charge on any atom is 0.253 e. The van der Waals surface area contributed by atoms with Crippen LogP contribution in [-0.2, 0) is 4.74 Å². The summed E-state index contributed by atoms with van der Waals surface area (Å²) in [4.78, 5) is 17.3. The summed E-state index contributed by atoms with van der Waals surface area (Å²) in [5.41, 5.74) is 0.729. The lowest BCUT2D eigenvalue weighted by Crippen LogP contribution is -2.34. The molecule has 130 valence electrons. The van der Waals surface area contributed by atoms with Crippen molar-refractivity contribution in [3.05, 3.63) is 29.8 Å². The first kappa shape index (κ1) is 15.9. The third kappa shape index (κ3) is 3.03. The monoisotopic (exact) mass is 330 g/mol. The molecule has 1 aromatic carbocycles. The van der Waals surface area contributed by atoms with Crippen LogP contribution in [0.5, 0.6) is 5.75 Å². The van der Waals surface area contributed by atoms with Crippen molar-refractivity contribution in [1.82, 2.24) is 9.80 Å². The van der Waals surface area contributed by atoms with Crippen LogP contribution in [0.4, 0.5) is 0 Å². The molecule has 5 nitrogen and oxygen atoms in total. The van der Waals surface area contributed by atoms with Gasteiger partial charge in [-0.15, -0.1) is 0 Å². The molecule has 3 atom stereocenters. The minimum absolute atomic E-state index is 0.107. The van der Waals surface area contributed by atoms with Crippen LogP contribution in [0.25, 0.3) is 0 Å². The Kier molecular flexibility index (Phi) is 4.46. The lowest BCUT2D eigenvalue weighted by atomic mass is 9.93.